The highest BCUT2D eigenvalue weighted by molar-refractivity contribution is 8.13. The van der Waals surface area contributed by atoms with Crippen LogP contribution in [-0.2, 0) is 13.8 Å². The molecule has 0 aliphatic rings. The third-order valence-corrected chi connectivity index (χ3v) is 4.54. The maximum atomic E-state index is 12.0. The summed E-state index contributed by atoms with van der Waals surface area (Å²) in [6.45, 7) is 6.34. The van der Waals surface area contributed by atoms with Crippen LogP contribution in [0.1, 0.15) is 50.4 Å². The summed E-state index contributed by atoms with van der Waals surface area (Å²) >= 11 is 0. The topological polar surface area (TPSA) is 102 Å². The second kappa shape index (κ2) is 9.78. The highest BCUT2D eigenvalue weighted by Gasteiger charge is 2.15. The van der Waals surface area contributed by atoms with Gasteiger partial charge in [-0.05, 0) is 58.2 Å². The van der Waals surface area contributed by atoms with Gasteiger partial charge < -0.3 is 15.4 Å². The molecule has 0 spiro atoms. The second-order valence-electron chi connectivity index (χ2n) is 6.71. The largest absolute Gasteiger partial charge is 0.444 e. The quantitative estimate of drug-likeness (QED) is 0.512. The van der Waals surface area contributed by atoms with Gasteiger partial charge in [-0.25, -0.2) is 13.2 Å². The van der Waals surface area contributed by atoms with Crippen LogP contribution in [0.4, 0.5) is 4.79 Å². The number of nitrogens with one attached hydrogen (secondary N) is 2. The first-order valence-corrected chi connectivity index (χ1v) is 10.6. The van der Waals surface area contributed by atoms with Crippen molar-refractivity contribution in [2.45, 2.75) is 50.5 Å². The van der Waals surface area contributed by atoms with Gasteiger partial charge in [-0.1, -0.05) is 6.07 Å². The molecule has 0 saturated carbocycles. The lowest BCUT2D eigenvalue weighted by Gasteiger charge is -2.19. The van der Waals surface area contributed by atoms with Gasteiger partial charge in [0.2, 0.25) is 0 Å². The minimum Gasteiger partial charge on any atom is -0.444 e. The lowest BCUT2D eigenvalue weighted by molar-refractivity contribution is 0.0527. The first-order chi connectivity index (χ1) is 12.0. The molecule has 0 saturated heterocycles. The number of amides is 2. The minimum atomic E-state index is -3.87. The Hall–Kier alpha value is -1.80. The molecule has 146 valence electrons. The van der Waals surface area contributed by atoms with Crippen LogP contribution in [0.15, 0.2) is 29.2 Å². The molecule has 1 aromatic carbocycles. The van der Waals surface area contributed by atoms with Crippen LogP contribution >= 0.6 is 10.7 Å². The fraction of sp³-hybridized carbons (Fsp3) is 0.529. The van der Waals surface area contributed by atoms with E-state index in [-0.39, 0.29) is 16.4 Å². The lowest BCUT2D eigenvalue weighted by Crippen LogP contribution is -2.33. The van der Waals surface area contributed by atoms with E-state index in [2.05, 4.69) is 10.6 Å². The van der Waals surface area contributed by atoms with Gasteiger partial charge in [0, 0.05) is 29.3 Å². The van der Waals surface area contributed by atoms with Crippen molar-refractivity contribution in [2.75, 3.05) is 13.1 Å². The Bertz CT molecular complexity index is 729. The fourth-order valence-electron chi connectivity index (χ4n) is 2.02. The predicted molar refractivity (Wildman–Crippen MR) is 99.9 cm³/mol. The smallest absolute Gasteiger partial charge is 0.407 e. The molecule has 1 rings (SSSR count). The number of halogens is 1. The first kappa shape index (κ1) is 22.2. The zero-order valence-corrected chi connectivity index (χ0v) is 16.7. The summed E-state index contributed by atoms with van der Waals surface area (Å²) < 4.78 is 27.7. The molecule has 0 fully saturated rings. The van der Waals surface area contributed by atoms with Crippen molar-refractivity contribution in [1.82, 2.24) is 10.6 Å². The Kier molecular flexibility index (Phi) is 8.36. The molecule has 0 radical (unpaired) electrons. The summed E-state index contributed by atoms with van der Waals surface area (Å²) in [6.07, 6.45) is 1.86. The van der Waals surface area contributed by atoms with Gasteiger partial charge in [0.15, 0.2) is 0 Å². The minimum absolute atomic E-state index is 0.111. The van der Waals surface area contributed by atoms with Crippen LogP contribution in [0.25, 0.3) is 0 Å². The molecule has 0 bridgehead atoms. The van der Waals surface area contributed by atoms with Crippen molar-refractivity contribution in [3.8, 4) is 0 Å². The van der Waals surface area contributed by atoms with E-state index in [1.165, 1.54) is 24.3 Å². The van der Waals surface area contributed by atoms with E-state index in [0.29, 0.717) is 13.1 Å². The monoisotopic (exact) mass is 404 g/mol. The molecular weight excluding hydrogens is 380 g/mol. The number of hydrogen-bond donors (Lipinski definition) is 2. The summed E-state index contributed by atoms with van der Waals surface area (Å²) in [7, 11) is 1.40. The molecule has 7 nitrogen and oxygen atoms in total. The number of benzene rings is 1. The van der Waals surface area contributed by atoms with Crippen LogP contribution in [0.2, 0.25) is 0 Å². The SMILES string of the molecule is CC(C)(C)OC(=O)NCCCCCNC(=O)c1cccc(S(=O)(=O)Cl)c1. The van der Waals surface area contributed by atoms with Gasteiger partial charge in [-0.3, -0.25) is 4.79 Å². The standard InChI is InChI=1S/C17H25ClN2O5S/c1-17(2,3)25-16(22)20-11-6-4-5-10-19-15(21)13-8-7-9-14(12-13)26(18,23)24/h7-9,12H,4-6,10-11H2,1-3H3,(H,19,21)(H,20,22). The number of carbonyl (C=O) groups is 2. The predicted octanol–water partition coefficient (Wildman–Crippen LogP) is 3.04. The zero-order chi connectivity index (χ0) is 19.8. The lowest BCUT2D eigenvalue weighted by atomic mass is 10.2. The van der Waals surface area contributed by atoms with Gasteiger partial charge in [-0.15, -0.1) is 0 Å². The summed E-state index contributed by atoms with van der Waals surface area (Å²) in [5.74, 6) is -0.362. The Morgan fingerprint density at radius 1 is 1.08 bits per heavy atom. The van der Waals surface area contributed by atoms with Gasteiger partial charge >= 0.3 is 6.09 Å². The van der Waals surface area contributed by atoms with Crippen LogP contribution < -0.4 is 10.6 Å². The van der Waals surface area contributed by atoms with E-state index >= 15 is 0 Å². The van der Waals surface area contributed by atoms with Crippen molar-refractivity contribution < 1.29 is 22.7 Å². The number of alkyl carbamates (subject to hydrolysis) is 1. The molecule has 0 aliphatic carbocycles. The highest BCUT2D eigenvalue weighted by Crippen LogP contribution is 2.16. The summed E-state index contributed by atoms with van der Waals surface area (Å²) in [5.41, 5.74) is -0.285. The Morgan fingerprint density at radius 2 is 1.69 bits per heavy atom. The zero-order valence-electron chi connectivity index (χ0n) is 15.2. The van der Waals surface area contributed by atoms with Crippen molar-refractivity contribution in [3.63, 3.8) is 0 Å². The molecule has 26 heavy (non-hydrogen) atoms. The third-order valence-electron chi connectivity index (χ3n) is 3.19. The molecule has 9 heteroatoms. The van der Waals surface area contributed by atoms with Crippen molar-refractivity contribution in [1.29, 1.82) is 0 Å². The van der Waals surface area contributed by atoms with Crippen molar-refractivity contribution in [3.05, 3.63) is 29.8 Å². The summed E-state index contributed by atoms with van der Waals surface area (Å²) in [5, 5.41) is 5.39. The molecular formula is C17H25ClN2O5S. The molecule has 0 unspecified atom stereocenters. The number of ether oxygens (including phenoxy) is 1. The average Bonchev–Trinajstić information content (AvgIpc) is 2.51. The molecule has 2 N–H and O–H groups in total. The van der Waals surface area contributed by atoms with Crippen molar-refractivity contribution >= 4 is 31.7 Å². The van der Waals surface area contributed by atoms with Gasteiger partial charge in [0.25, 0.3) is 15.0 Å². The van der Waals surface area contributed by atoms with Gasteiger partial charge in [-0.2, -0.15) is 0 Å². The fourth-order valence-corrected chi connectivity index (χ4v) is 2.82. The Balaban J connectivity index is 2.24. The Morgan fingerprint density at radius 3 is 2.27 bits per heavy atom. The summed E-state index contributed by atoms with van der Waals surface area (Å²) in [6, 6.07) is 5.55. The van der Waals surface area contributed by atoms with Crippen LogP contribution in [0.5, 0.6) is 0 Å². The van der Waals surface area contributed by atoms with Crippen LogP contribution in [0, 0.1) is 0 Å². The number of carbonyl (C=O) groups excluding carboxylic acids is 2. The first-order valence-electron chi connectivity index (χ1n) is 8.29. The van der Waals surface area contributed by atoms with E-state index in [1.54, 1.807) is 20.8 Å². The maximum absolute atomic E-state index is 12.0. The third kappa shape index (κ3) is 9.05. The summed E-state index contributed by atoms with van der Waals surface area (Å²) in [4.78, 5) is 23.4. The number of unbranched alkanes of at least 4 members (excludes halogenated alkanes) is 2. The van der Waals surface area contributed by atoms with Crippen molar-refractivity contribution in [2.24, 2.45) is 0 Å². The van der Waals surface area contributed by atoms with E-state index in [1.807, 2.05) is 0 Å². The average molecular weight is 405 g/mol. The van der Waals surface area contributed by atoms with Crippen LogP contribution in [-0.4, -0.2) is 39.1 Å². The number of rotatable bonds is 8. The van der Waals surface area contributed by atoms with E-state index in [4.69, 9.17) is 15.4 Å². The second-order valence-corrected chi connectivity index (χ2v) is 9.28. The van der Waals surface area contributed by atoms with E-state index in [0.717, 1.165) is 19.3 Å². The molecule has 2 amide bonds. The van der Waals surface area contributed by atoms with E-state index < -0.39 is 20.7 Å². The molecule has 1 aromatic rings. The van der Waals surface area contributed by atoms with E-state index in [9.17, 15) is 18.0 Å². The highest BCUT2D eigenvalue weighted by atomic mass is 35.7. The van der Waals surface area contributed by atoms with Crippen LogP contribution in [0.3, 0.4) is 0 Å². The molecule has 0 aromatic heterocycles. The normalized spacial score (nSPS) is 11.7. The Labute approximate surface area is 158 Å². The maximum Gasteiger partial charge on any atom is 0.407 e. The van der Waals surface area contributed by atoms with Gasteiger partial charge in [0.1, 0.15) is 5.60 Å². The van der Waals surface area contributed by atoms with Gasteiger partial charge in [0.05, 0.1) is 4.90 Å². The molecule has 0 aliphatic heterocycles. The number of hydrogen-bond acceptors (Lipinski definition) is 5. The molecule has 0 atom stereocenters. The molecule has 0 heterocycles.